The molecule has 0 saturated carbocycles. The van der Waals surface area contributed by atoms with E-state index in [1.165, 1.54) is 7.11 Å². The van der Waals surface area contributed by atoms with Crippen LogP contribution in [0.3, 0.4) is 0 Å². The zero-order chi connectivity index (χ0) is 14.2. The molecule has 0 aliphatic heterocycles. The summed E-state index contributed by atoms with van der Waals surface area (Å²) in [5, 5.41) is 2.60. The highest BCUT2D eigenvalue weighted by molar-refractivity contribution is 5.88. The van der Waals surface area contributed by atoms with Crippen LogP contribution in [0.2, 0.25) is 0 Å². The van der Waals surface area contributed by atoms with Crippen molar-refractivity contribution in [2.24, 2.45) is 0 Å². The fourth-order valence-corrected chi connectivity index (χ4v) is 1.41. The molecule has 1 N–H and O–H groups in total. The van der Waals surface area contributed by atoms with Gasteiger partial charge in [0.15, 0.2) is 5.78 Å². The van der Waals surface area contributed by atoms with E-state index >= 15 is 0 Å². The topological polar surface area (TPSA) is 64.6 Å². The molecule has 0 bridgehead atoms. The Bertz CT molecular complexity index is 271. The maximum absolute atomic E-state index is 11.8. The Morgan fingerprint density at radius 2 is 1.89 bits per heavy atom. The Kier molecular flexibility index (Phi) is 7.59. The number of rotatable bonds is 7. The van der Waals surface area contributed by atoms with E-state index in [2.05, 4.69) is 5.32 Å². The van der Waals surface area contributed by atoms with Gasteiger partial charge in [-0.25, -0.2) is 4.79 Å². The van der Waals surface area contributed by atoms with Crippen molar-refractivity contribution in [2.75, 3.05) is 13.7 Å². The largest absolute Gasteiger partial charge is 0.444 e. The first-order chi connectivity index (χ1) is 8.30. The monoisotopic (exact) mass is 259 g/mol. The SMILES string of the molecule is CCCCC(NC(=O)OC(C)(C)C)C(=O)COC. The predicted octanol–water partition coefficient (Wildman–Crippen LogP) is 2.29. The zero-order valence-corrected chi connectivity index (χ0v) is 12.0. The van der Waals surface area contributed by atoms with Gasteiger partial charge < -0.3 is 14.8 Å². The van der Waals surface area contributed by atoms with Crippen molar-refractivity contribution in [3.8, 4) is 0 Å². The van der Waals surface area contributed by atoms with Gasteiger partial charge in [-0.1, -0.05) is 19.8 Å². The molecule has 0 aliphatic carbocycles. The third-order valence-electron chi connectivity index (χ3n) is 2.21. The molecule has 0 aromatic rings. The lowest BCUT2D eigenvalue weighted by Gasteiger charge is -2.23. The van der Waals surface area contributed by atoms with Gasteiger partial charge in [0.25, 0.3) is 0 Å². The summed E-state index contributed by atoms with van der Waals surface area (Å²) in [6.07, 6.45) is 1.88. The number of carbonyl (C=O) groups excluding carboxylic acids is 2. The number of unbranched alkanes of at least 4 members (excludes halogenated alkanes) is 1. The minimum atomic E-state index is -0.566. The summed E-state index contributed by atoms with van der Waals surface area (Å²) in [7, 11) is 1.46. The third kappa shape index (κ3) is 8.06. The molecule has 18 heavy (non-hydrogen) atoms. The Labute approximate surface area is 109 Å². The third-order valence-corrected chi connectivity index (χ3v) is 2.21. The van der Waals surface area contributed by atoms with E-state index in [9.17, 15) is 9.59 Å². The van der Waals surface area contributed by atoms with E-state index < -0.39 is 17.7 Å². The number of alkyl carbamates (subject to hydrolysis) is 1. The van der Waals surface area contributed by atoms with E-state index in [1.54, 1.807) is 20.8 Å². The van der Waals surface area contributed by atoms with E-state index in [-0.39, 0.29) is 12.4 Å². The molecule has 106 valence electrons. The predicted molar refractivity (Wildman–Crippen MR) is 69.6 cm³/mol. The lowest BCUT2D eigenvalue weighted by molar-refractivity contribution is -0.124. The quantitative estimate of drug-likeness (QED) is 0.762. The summed E-state index contributed by atoms with van der Waals surface area (Å²) in [5.74, 6) is -0.128. The number of ketones is 1. The molecule has 0 aromatic carbocycles. The standard InChI is InChI=1S/C13H25NO4/c1-6-7-8-10(11(15)9-17-5)14-12(16)18-13(2,3)4/h10H,6-9H2,1-5H3,(H,14,16). The number of amides is 1. The van der Waals surface area contributed by atoms with Gasteiger partial charge in [-0.15, -0.1) is 0 Å². The second kappa shape index (κ2) is 8.08. The molecule has 5 heteroatoms. The van der Waals surface area contributed by atoms with Crippen LogP contribution in [0.4, 0.5) is 4.79 Å². The van der Waals surface area contributed by atoms with E-state index in [4.69, 9.17) is 9.47 Å². The average molecular weight is 259 g/mol. The van der Waals surface area contributed by atoms with E-state index in [1.807, 2.05) is 6.92 Å². The molecule has 0 heterocycles. The van der Waals surface area contributed by atoms with Crippen LogP contribution < -0.4 is 5.32 Å². The second-order valence-corrected chi connectivity index (χ2v) is 5.24. The van der Waals surface area contributed by atoms with Gasteiger partial charge >= 0.3 is 6.09 Å². The van der Waals surface area contributed by atoms with Crippen LogP contribution in [-0.4, -0.2) is 37.2 Å². The van der Waals surface area contributed by atoms with Crippen molar-refractivity contribution in [3.63, 3.8) is 0 Å². The fourth-order valence-electron chi connectivity index (χ4n) is 1.41. The van der Waals surface area contributed by atoms with E-state index in [0.29, 0.717) is 6.42 Å². The molecular formula is C13H25NO4. The molecule has 5 nitrogen and oxygen atoms in total. The number of carbonyl (C=O) groups is 2. The Balaban J connectivity index is 4.39. The van der Waals surface area contributed by atoms with Crippen LogP contribution in [-0.2, 0) is 14.3 Å². The minimum absolute atomic E-state index is 0.00415. The number of Topliss-reactive ketones (excluding diaryl/α,β-unsaturated/α-hetero) is 1. The van der Waals surface area contributed by atoms with Gasteiger partial charge in [0.1, 0.15) is 12.2 Å². The van der Waals surface area contributed by atoms with Crippen LogP contribution in [0, 0.1) is 0 Å². The van der Waals surface area contributed by atoms with Gasteiger partial charge in [-0.05, 0) is 27.2 Å². The summed E-state index contributed by atoms with van der Waals surface area (Å²) < 4.78 is 9.94. The van der Waals surface area contributed by atoms with Crippen LogP contribution in [0.1, 0.15) is 47.0 Å². The Morgan fingerprint density at radius 1 is 1.28 bits per heavy atom. The number of hydrogen-bond acceptors (Lipinski definition) is 4. The minimum Gasteiger partial charge on any atom is -0.444 e. The maximum Gasteiger partial charge on any atom is 0.408 e. The molecule has 0 saturated heterocycles. The molecular weight excluding hydrogens is 234 g/mol. The average Bonchev–Trinajstić information content (AvgIpc) is 2.21. The van der Waals surface area contributed by atoms with Gasteiger partial charge in [0.05, 0.1) is 6.04 Å². The highest BCUT2D eigenvalue weighted by Crippen LogP contribution is 2.08. The Hall–Kier alpha value is -1.10. The Morgan fingerprint density at radius 3 is 2.33 bits per heavy atom. The molecule has 0 aliphatic rings. The lowest BCUT2D eigenvalue weighted by Crippen LogP contribution is -2.44. The van der Waals surface area contributed by atoms with Crippen molar-refractivity contribution in [1.82, 2.24) is 5.32 Å². The smallest absolute Gasteiger partial charge is 0.408 e. The van der Waals surface area contributed by atoms with E-state index in [0.717, 1.165) is 12.8 Å². The molecule has 1 atom stereocenters. The molecule has 0 rings (SSSR count). The summed E-state index contributed by atoms with van der Waals surface area (Å²) in [5.41, 5.74) is -0.566. The first-order valence-corrected chi connectivity index (χ1v) is 6.31. The van der Waals surface area contributed by atoms with Gasteiger partial charge in [-0.2, -0.15) is 0 Å². The first kappa shape index (κ1) is 16.9. The number of hydrogen-bond donors (Lipinski definition) is 1. The molecule has 0 spiro atoms. The van der Waals surface area contributed by atoms with Crippen molar-refractivity contribution in [3.05, 3.63) is 0 Å². The highest BCUT2D eigenvalue weighted by atomic mass is 16.6. The van der Waals surface area contributed by atoms with Gasteiger partial charge in [0.2, 0.25) is 0 Å². The van der Waals surface area contributed by atoms with Crippen molar-refractivity contribution >= 4 is 11.9 Å². The fraction of sp³-hybridized carbons (Fsp3) is 0.846. The number of methoxy groups -OCH3 is 1. The van der Waals surface area contributed by atoms with Crippen molar-refractivity contribution in [1.29, 1.82) is 0 Å². The second-order valence-electron chi connectivity index (χ2n) is 5.24. The van der Waals surface area contributed by atoms with Gasteiger partial charge in [-0.3, -0.25) is 4.79 Å². The lowest BCUT2D eigenvalue weighted by atomic mass is 10.1. The number of ether oxygens (including phenoxy) is 2. The van der Waals surface area contributed by atoms with Crippen molar-refractivity contribution < 1.29 is 19.1 Å². The van der Waals surface area contributed by atoms with Crippen LogP contribution in [0.25, 0.3) is 0 Å². The molecule has 1 unspecified atom stereocenters. The first-order valence-electron chi connectivity index (χ1n) is 6.31. The van der Waals surface area contributed by atoms with Crippen molar-refractivity contribution in [2.45, 2.75) is 58.6 Å². The van der Waals surface area contributed by atoms with Crippen LogP contribution in [0.5, 0.6) is 0 Å². The summed E-state index contributed by atoms with van der Waals surface area (Å²) in [6, 6.07) is -0.528. The maximum atomic E-state index is 11.8. The number of nitrogens with one attached hydrogen (secondary N) is 1. The summed E-state index contributed by atoms with van der Waals surface area (Å²) >= 11 is 0. The van der Waals surface area contributed by atoms with Gasteiger partial charge in [0, 0.05) is 7.11 Å². The normalized spacial score (nSPS) is 12.9. The zero-order valence-electron chi connectivity index (χ0n) is 12.0. The summed E-state index contributed by atoms with van der Waals surface area (Å²) in [4.78, 5) is 23.4. The molecule has 0 radical (unpaired) electrons. The summed E-state index contributed by atoms with van der Waals surface area (Å²) in [6.45, 7) is 7.38. The molecule has 1 amide bonds. The highest BCUT2D eigenvalue weighted by Gasteiger charge is 2.23. The molecule has 0 fully saturated rings. The van der Waals surface area contributed by atoms with Crippen LogP contribution >= 0.6 is 0 Å². The van der Waals surface area contributed by atoms with Crippen LogP contribution in [0.15, 0.2) is 0 Å². The molecule has 0 aromatic heterocycles.